The second-order valence-electron chi connectivity index (χ2n) is 19.7. The highest BCUT2D eigenvalue weighted by atomic mass is 16.6. The number of rotatable bonds is 14. The average molecular weight is 699 g/mol. The number of methoxy groups -OCH3 is 1. The summed E-state index contributed by atoms with van der Waals surface area (Å²) in [7, 11) is 1.76. The highest BCUT2D eigenvalue weighted by Crippen LogP contribution is 2.39. The summed E-state index contributed by atoms with van der Waals surface area (Å²) in [5, 5.41) is 6.93. The highest BCUT2D eigenvalue weighted by molar-refractivity contribution is 5.68. The third kappa shape index (κ3) is 13.1. The Labute approximate surface area is 311 Å². The molecule has 5 nitrogen and oxygen atoms in total. The third-order valence-electron chi connectivity index (χ3n) is 9.86. The number of carbonyl (C=O) groups is 1. The Hall–Kier alpha value is -3.15. The van der Waals surface area contributed by atoms with E-state index in [1.54, 1.807) is 7.11 Å². The quantitative estimate of drug-likeness (QED) is 0.203. The molecule has 282 valence electrons. The van der Waals surface area contributed by atoms with Gasteiger partial charge in [0.1, 0.15) is 5.60 Å². The van der Waals surface area contributed by atoms with Gasteiger partial charge in [-0.3, -0.25) is 0 Å². The molecule has 0 saturated carbocycles. The van der Waals surface area contributed by atoms with Gasteiger partial charge in [0.25, 0.3) is 0 Å². The van der Waals surface area contributed by atoms with Crippen molar-refractivity contribution < 1.29 is 14.3 Å². The van der Waals surface area contributed by atoms with Gasteiger partial charge in [0.15, 0.2) is 0 Å². The fourth-order valence-electron chi connectivity index (χ4n) is 7.89. The molecular formula is C46H70N2O3. The van der Waals surface area contributed by atoms with Crippen molar-refractivity contribution in [2.24, 2.45) is 16.2 Å². The summed E-state index contributed by atoms with van der Waals surface area (Å²) in [5.41, 5.74) is 5.19. The Morgan fingerprint density at radius 2 is 1.33 bits per heavy atom. The second-order valence-corrected chi connectivity index (χ2v) is 19.7. The fraction of sp³-hybridized carbons (Fsp3) is 0.587. The smallest absolute Gasteiger partial charge is 0.408 e. The summed E-state index contributed by atoms with van der Waals surface area (Å²) in [6.45, 7) is 32.8. The number of benzene rings is 1. The highest BCUT2D eigenvalue weighted by Gasteiger charge is 2.34. The van der Waals surface area contributed by atoms with E-state index in [1.807, 2.05) is 20.8 Å². The Balaban J connectivity index is 1.67. The molecular weight excluding hydrogens is 629 g/mol. The Bertz CT molecular complexity index is 1550. The fourth-order valence-corrected chi connectivity index (χ4v) is 7.89. The Morgan fingerprint density at radius 1 is 0.765 bits per heavy atom. The number of amides is 1. The van der Waals surface area contributed by atoms with E-state index in [4.69, 9.17) is 9.47 Å². The first-order valence-electron chi connectivity index (χ1n) is 18.8. The zero-order chi connectivity index (χ0) is 38.5. The van der Waals surface area contributed by atoms with Gasteiger partial charge in [0.05, 0.1) is 6.61 Å². The van der Waals surface area contributed by atoms with Crippen molar-refractivity contribution >= 4 is 6.09 Å². The molecule has 0 fully saturated rings. The van der Waals surface area contributed by atoms with Crippen molar-refractivity contribution in [3.8, 4) is 0 Å². The maximum atomic E-state index is 12.5. The zero-order valence-corrected chi connectivity index (χ0v) is 34.8. The van der Waals surface area contributed by atoms with Crippen LogP contribution < -0.4 is 10.6 Å². The summed E-state index contributed by atoms with van der Waals surface area (Å²) in [5.74, 6) is 0. The van der Waals surface area contributed by atoms with Crippen LogP contribution in [0.4, 0.5) is 4.79 Å². The lowest BCUT2D eigenvalue weighted by Crippen LogP contribution is -2.48. The molecule has 1 unspecified atom stereocenters. The molecule has 3 rings (SSSR count). The van der Waals surface area contributed by atoms with Gasteiger partial charge in [-0.1, -0.05) is 141 Å². The zero-order valence-electron chi connectivity index (χ0n) is 34.8. The number of carbonyl (C=O) groups excluding carboxylic acids is 1. The molecule has 0 aliphatic heterocycles. The normalized spacial score (nSPS) is 19.9. The van der Waals surface area contributed by atoms with Crippen molar-refractivity contribution in [2.45, 2.75) is 132 Å². The van der Waals surface area contributed by atoms with E-state index in [9.17, 15) is 4.79 Å². The van der Waals surface area contributed by atoms with Crippen LogP contribution in [-0.2, 0) is 20.3 Å². The molecule has 0 saturated heterocycles. The molecule has 0 radical (unpaired) electrons. The van der Waals surface area contributed by atoms with Crippen LogP contribution in [0.2, 0.25) is 0 Å². The molecule has 2 aliphatic carbocycles. The molecule has 1 atom stereocenters. The van der Waals surface area contributed by atoms with Gasteiger partial charge >= 0.3 is 6.09 Å². The van der Waals surface area contributed by atoms with Gasteiger partial charge in [-0.15, -0.1) is 0 Å². The summed E-state index contributed by atoms with van der Waals surface area (Å²) in [4.78, 5) is 12.5. The lowest BCUT2D eigenvalue weighted by Gasteiger charge is -2.38. The molecule has 51 heavy (non-hydrogen) atoms. The van der Waals surface area contributed by atoms with Crippen LogP contribution in [0, 0.1) is 16.2 Å². The van der Waals surface area contributed by atoms with E-state index in [0.29, 0.717) is 6.61 Å². The molecule has 0 heterocycles. The molecule has 2 aliphatic rings. The van der Waals surface area contributed by atoms with E-state index in [1.165, 1.54) is 27.8 Å². The molecule has 1 aromatic carbocycles. The molecule has 0 bridgehead atoms. The largest absolute Gasteiger partial charge is 0.444 e. The number of allylic oxidation sites excluding steroid dienone is 8. The van der Waals surface area contributed by atoms with E-state index < -0.39 is 11.1 Å². The van der Waals surface area contributed by atoms with Crippen LogP contribution in [0.15, 0.2) is 95.7 Å². The van der Waals surface area contributed by atoms with E-state index in [-0.39, 0.29) is 33.2 Å². The maximum Gasteiger partial charge on any atom is 0.408 e. The molecule has 1 aromatic rings. The molecule has 0 spiro atoms. The number of nitrogens with one attached hydrogen (secondary N) is 2. The Morgan fingerprint density at radius 3 is 1.90 bits per heavy atom. The van der Waals surface area contributed by atoms with E-state index in [0.717, 1.165) is 25.9 Å². The minimum Gasteiger partial charge on any atom is -0.444 e. The topological polar surface area (TPSA) is 59.6 Å². The monoisotopic (exact) mass is 699 g/mol. The van der Waals surface area contributed by atoms with Gasteiger partial charge in [-0.2, -0.15) is 0 Å². The van der Waals surface area contributed by atoms with Gasteiger partial charge in [0, 0.05) is 36.6 Å². The first-order chi connectivity index (χ1) is 23.3. The molecule has 5 heteroatoms. The van der Waals surface area contributed by atoms with Crippen LogP contribution in [0.25, 0.3) is 0 Å². The number of hydrogen-bond acceptors (Lipinski definition) is 4. The van der Waals surface area contributed by atoms with Crippen LogP contribution in [0.5, 0.6) is 0 Å². The van der Waals surface area contributed by atoms with Gasteiger partial charge in [-0.05, 0) is 91.6 Å². The number of alkyl carbamates (subject to hydrolysis) is 1. The third-order valence-corrected chi connectivity index (χ3v) is 9.86. The first kappa shape index (κ1) is 42.3. The standard InChI is InChI=1S/C46H70N2O3/c1-40(2,3)51-39(49)48-45(12,13)31-44(10,11)37-22-20-36(21-23-37)43(8,9)30-42(6,7)32-47-29-35-19-16-25-41(4,5)28-38(35)34-18-17-26-46(14,27-24-34)33-50-15/h16-28,47H,29-33H2,1-15H3,(H,48,49). The predicted octanol–water partition coefficient (Wildman–Crippen LogP) is 11.1. The summed E-state index contributed by atoms with van der Waals surface area (Å²) in [6, 6.07) is 9.15. The maximum absolute atomic E-state index is 12.5. The van der Waals surface area contributed by atoms with Crippen molar-refractivity contribution in [3.05, 3.63) is 107 Å². The van der Waals surface area contributed by atoms with Crippen LogP contribution in [-0.4, -0.2) is 44.0 Å². The van der Waals surface area contributed by atoms with Crippen molar-refractivity contribution in [1.82, 2.24) is 10.6 Å². The van der Waals surface area contributed by atoms with E-state index >= 15 is 0 Å². The molecule has 0 aromatic heterocycles. The molecule has 1 amide bonds. The van der Waals surface area contributed by atoms with Crippen molar-refractivity contribution in [1.29, 1.82) is 0 Å². The van der Waals surface area contributed by atoms with Crippen LogP contribution >= 0.6 is 0 Å². The molecule has 2 N–H and O–H groups in total. The van der Waals surface area contributed by atoms with Crippen LogP contribution in [0.3, 0.4) is 0 Å². The minimum absolute atomic E-state index is 0.0120. The minimum atomic E-state index is -0.527. The van der Waals surface area contributed by atoms with Gasteiger partial charge in [-0.25, -0.2) is 4.79 Å². The summed E-state index contributed by atoms with van der Waals surface area (Å²) >= 11 is 0. The SMILES string of the molecule is COCC1(C)C=CC=C(C2=CC(C)(C)C=CC=C2CNCC(C)(C)CC(C)(C)c2ccc(C(C)(C)CC(C)(C)NC(=O)OC(C)(C)C)cc2)C=C1. The van der Waals surface area contributed by atoms with Crippen molar-refractivity contribution in [2.75, 3.05) is 26.8 Å². The summed E-state index contributed by atoms with van der Waals surface area (Å²) < 4.78 is 11.0. The van der Waals surface area contributed by atoms with E-state index in [2.05, 4.69) is 166 Å². The van der Waals surface area contributed by atoms with Crippen molar-refractivity contribution in [3.63, 3.8) is 0 Å². The second kappa shape index (κ2) is 15.8. The number of ether oxygens (including phenoxy) is 2. The summed E-state index contributed by atoms with van der Waals surface area (Å²) in [6.07, 6.45) is 21.8. The van der Waals surface area contributed by atoms with Crippen LogP contribution in [0.1, 0.15) is 121 Å². The first-order valence-corrected chi connectivity index (χ1v) is 18.8. The van der Waals surface area contributed by atoms with Gasteiger partial charge in [0.2, 0.25) is 0 Å². The Kier molecular flexibility index (Phi) is 13.1. The average Bonchev–Trinajstić information content (AvgIpc) is 3.23. The lowest BCUT2D eigenvalue weighted by atomic mass is 9.70. The number of hydrogen-bond donors (Lipinski definition) is 2. The lowest BCUT2D eigenvalue weighted by molar-refractivity contribution is 0.0458. The van der Waals surface area contributed by atoms with Gasteiger partial charge < -0.3 is 20.1 Å². The predicted molar refractivity (Wildman–Crippen MR) is 217 cm³/mol.